The predicted molar refractivity (Wildman–Crippen MR) is 110 cm³/mol. The molecule has 1 aliphatic rings. The molecule has 10 heteroatoms. The first-order chi connectivity index (χ1) is 14.8. The van der Waals surface area contributed by atoms with E-state index in [2.05, 4.69) is 20.2 Å². The van der Waals surface area contributed by atoms with Crippen molar-refractivity contribution >= 4 is 5.96 Å². The fourth-order valence-electron chi connectivity index (χ4n) is 3.37. The zero-order valence-electron chi connectivity index (χ0n) is 17.6. The van der Waals surface area contributed by atoms with Gasteiger partial charge < -0.3 is 24.4 Å². The number of rotatable bonds is 6. The minimum Gasteiger partial charge on any atom is -0.493 e. The molecule has 3 rings (SSSR count). The highest BCUT2D eigenvalue weighted by molar-refractivity contribution is 5.80. The second-order valence-electron chi connectivity index (χ2n) is 6.95. The third-order valence-electron chi connectivity index (χ3n) is 4.86. The van der Waals surface area contributed by atoms with E-state index >= 15 is 0 Å². The number of nitrogens with one attached hydrogen (secondary N) is 1. The average molecular weight is 438 g/mol. The Morgan fingerprint density at radius 2 is 1.87 bits per heavy atom. The number of aliphatic imine (C=N–C) groups is 1. The van der Waals surface area contributed by atoms with E-state index in [-0.39, 0.29) is 5.88 Å². The number of ether oxygens (including phenoxy) is 3. The Balaban J connectivity index is 1.64. The average Bonchev–Trinajstić information content (AvgIpc) is 2.76. The summed E-state index contributed by atoms with van der Waals surface area (Å²) in [5, 5.41) is 3.25. The quantitative estimate of drug-likeness (QED) is 0.552. The Bertz CT molecular complexity index is 935. The van der Waals surface area contributed by atoms with Crippen molar-refractivity contribution in [3.05, 3.63) is 47.2 Å². The van der Waals surface area contributed by atoms with Gasteiger partial charge in [-0.3, -0.25) is 4.99 Å². The monoisotopic (exact) mass is 438 g/mol. The highest BCUT2D eigenvalue weighted by Gasteiger charge is 2.28. The van der Waals surface area contributed by atoms with Gasteiger partial charge in [0.1, 0.15) is 0 Å². The van der Waals surface area contributed by atoms with Crippen LogP contribution < -0.4 is 19.5 Å². The van der Waals surface area contributed by atoms with Gasteiger partial charge in [0.25, 0.3) is 0 Å². The van der Waals surface area contributed by atoms with Crippen molar-refractivity contribution in [2.75, 3.05) is 34.4 Å². The molecule has 7 nitrogen and oxygen atoms in total. The first kappa shape index (κ1) is 22.5. The summed E-state index contributed by atoms with van der Waals surface area (Å²) in [6.45, 7) is 0.400. The van der Waals surface area contributed by atoms with E-state index in [1.165, 1.54) is 17.8 Å². The molecule has 1 aromatic carbocycles. The van der Waals surface area contributed by atoms with Gasteiger partial charge in [-0.25, -0.2) is 4.98 Å². The zero-order chi connectivity index (χ0) is 22.4. The Morgan fingerprint density at radius 1 is 1.16 bits per heavy atom. The fourth-order valence-corrected chi connectivity index (χ4v) is 3.37. The van der Waals surface area contributed by atoms with E-state index < -0.39 is 12.8 Å². The smallest absolute Gasteiger partial charge is 0.422 e. The number of methoxy groups -OCH3 is 2. The second kappa shape index (κ2) is 9.76. The molecule has 0 fully saturated rings. The van der Waals surface area contributed by atoms with Gasteiger partial charge in [-0.15, -0.1) is 0 Å². The summed E-state index contributed by atoms with van der Waals surface area (Å²) in [6.07, 6.45) is -2.17. The summed E-state index contributed by atoms with van der Waals surface area (Å²) >= 11 is 0. The van der Waals surface area contributed by atoms with Gasteiger partial charge in [0, 0.05) is 38.9 Å². The van der Waals surface area contributed by atoms with Gasteiger partial charge in [-0.2, -0.15) is 13.2 Å². The van der Waals surface area contributed by atoms with Crippen LogP contribution >= 0.6 is 0 Å². The Labute approximate surface area is 178 Å². The fraction of sp³-hybridized carbons (Fsp3) is 0.429. The lowest BCUT2D eigenvalue weighted by Gasteiger charge is -2.32. The minimum atomic E-state index is -4.41. The van der Waals surface area contributed by atoms with E-state index in [1.54, 1.807) is 27.3 Å². The van der Waals surface area contributed by atoms with Gasteiger partial charge in [0.15, 0.2) is 24.1 Å². The van der Waals surface area contributed by atoms with Crippen LogP contribution in [0.15, 0.2) is 35.5 Å². The van der Waals surface area contributed by atoms with E-state index in [4.69, 9.17) is 14.2 Å². The van der Waals surface area contributed by atoms with Crippen molar-refractivity contribution in [2.24, 2.45) is 4.99 Å². The number of benzene rings is 1. The first-order valence-corrected chi connectivity index (χ1v) is 9.67. The van der Waals surface area contributed by atoms with Gasteiger partial charge in [-0.1, -0.05) is 0 Å². The maximum absolute atomic E-state index is 12.3. The van der Waals surface area contributed by atoms with E-state index in [9.17, 15) is 13.2 Å². The molecule has 0 spiro atoms. The van der Waals surface area contributed by atoms with Crippen LogP contribution in [0.2, 0.25) is 0 Å². The number of hydrogen-bond acceptors (Lipinski definition) is 5. The summed E-state index contributed by atoms with van der Waals surface area (Å²) in [6, 6.07) is 7.17. The van der Waals surface area contributed by atoms with Gasteiger partial charge >= 0.3 is 6.18 Å². The molecule has 0 aliphatic carbocycles. The molecule has 1 aromatic heterocycles. The Hall–Kier alpha value is -3.17. The molecule has 0 saturated heterocycles. The summed E-state index contributed by atoms with van der Waals surface area (Å²) in [4.78, 5) is 10.3. The number of alkyl halides is 3. The number of aromatic nitrogens is 1. The van der Waals surface area contributed by atoms with Crippen LogP contribution in [-0.2, 0) is 19.5 Å². The molecular formula is C21H25F3N4O3. The van der Waals surface area contributed by atoms with Crippen molar-refractivity contribution in [3.63, 3.8) is 0 Å². The van der Waals surface area contributed by atoms with Crippen LogP contribution in [0, 0.1) is 0 Å². The number of halogens is 3. The summed E-state index contributed by atoms with van der Waals surface area (Å²) in [5.74, 6) is 2.00. The molecule has 168 valence electrons. The Kier molecular flexibility index (Phi) is 7.09. The van der Waals surface area contributed by atoms with Gasteiger partial charge in [-0.05, 0) is 41.3 Å². The van der Waals surface area contributed by atoms with Crippen LogP contribution in [0.25, 0.3) is 0 Å². The van der Waals surface area contributed by atoms with E-state index in [1.807, 2.05) is 12.1 Å². The number of nitrogens with zero attached hydrogens (tertiary/aromatic N) is 3. The topological polar surface area (TPSA) is 68.2 Å². The first-order valence-electron chi connectivity index (χ1n) is 9.67. The summed E-state index contributed by atoms with van der Waals surface area (Å²) < 4.78 is 52.5. The van der Waals surface area contributed by atoms with Crippen LogP contribution in [0.3, 0.4) is 0 Å². The van der Waals surface area contributed by atoms with Gasteiger partial charge in [0.2, 0.25) is 5.88 Å². The van der Waals surface area contributed by atoms with Crippen LogP contribution in [0.4, 0.5) is 13.2 Å². The summed E-state index contributed by atoms with van der Waals surface area (Å²) in [5.41, 5.74) is 3.06. The number of hydrogen-bond donors (Lipinski definition) is 1. The van der Waals surface area contributed by atoms with Crippen LogP contribution in [-0.4, -0.2) is 56.4 Å². The largest absolute Gasteiger partial charge is 0.493 e. The lowest BCUT2D eigenvalue weighted by molar-refractivity contribution is -0.154. The predicted octanol–water partition coefficient (Wildman–Crippen LogP) is 3.17. The molecule has 0 saturated carbocycles. The molecule has 0 unspecified atom stereocenters. The minimum absolute atomic E-state index is 0.0699. The van der Waals surface area contributed by atoms with Crippen molar-refractivity contribution < 1.29 is 27.4 Å². The molecule has 0 atom stereocenters. The van der Waals surface area contributed by atoms with Crippen molar-refractivity contribution in [1.29, 1.82) is 0 Å². The molecular weight excluding hydrogens is 413 g/mol. The van der Waals surface area contributed by atoms with E-state index in [0.717, 1.165) is 24.1 Å². The molecule has 0 bridgehead atoms. The van der Waals surface area contributed by atoms with Crippen molar-refractivity contribution in [3.8, 4) is 17.4 Å². The SMILES string of the molecule is CN=C(NCc1ccnc(OCC(F)(F)F)c1)N1CCc2cc(OC)c(OC)cc2C1. The standard InChI is InChI=1S/C21H25F3N4O3/c1-25-20(27-11-14-4-6-26-19(8-14)31-13-21(22,23)24)28-7-5-15-9-17(29-2)18(30-3)10-16(15)12-28/h4,6,8-10H,5,7,11-13H2,1-3H3,(H,25,27). The normalized spacial score (nSPS) is 14.1. The lowest BCUT2D eigenvalue weighted by atomic mass is 9.99. The molecule has 2 heterocycles. The third kappa shape index (κ3) is 5.93. The number of guanidine groups is 1. The molecule has 0 amide bonds. The number of fused-ring (bicyclic) bond motifs is 1. The second-order valence-corrected chi connectivity index (χ2v) is 6.95. The molecule has 31 heavy (non-hydrogen) atoms. The molecule has 1 N–H and O–H groups in total. The molecule has 0 radical (unpaired) electrons. The maximum atomic E-state index is 12.3. The lowest BCUT2D eigenvalue weighted by Crippen LogP contribution is -2.43. The van der Waals surface area contributed by atoms with Crippen LogP contribution in [0.1, 0.15) is 16.7 Å². The van der Waals surface area contributed by atoms with Crippen LogP contribution in [0.5, 0.6) is 17.4 Å². The number of pyridine rings is 1. The highest BCUT2D eigenvalue weighted by Crippen LogP contribution is 2.33. The molecule has 1 aliphatic heterocycles. The highest BCUT2D eigenvalue weighted by atomic mass is 19.4. The Morgan fingerprint density at radius 3 is 2.52 bits per heavy atom. The third-order valence-corrected chi connectivity index (χ3v) is 4.86. The van der Waals surface area contributed by atoms with E-state index in [0.29, 0.717) is 30.5 Å². The molecule has 2 aromatic rings. The maximum Gasteiger partial charge on any atom is 0.422 e. The zero-order valence-corrected chi connectivity index (χ0v) is 17.6. The summed E-state index contributed by atoms with van der Waals surface area (Å²) in [7, 11) is 4.91. The van der Waals surface area contributed by atoms with Crippen molar-refractivity contribution in [1.82, 2.24) is 15.2 Å². The van der Waals surface area contributed by atoms with Gasteiger partial charge in [0.05, 0.1) is 14.2 Å². The van der Waals surface area contributed by atoms with Crippen molar-refractivity contribution in [2.45, 2.75) is 25.7 Å².